The Balaban J connectivity index is 3.80. The zero-order valence-corrected chi connectivity index (χ0v) is 10.3. The SMILES string of the molecule is CCOC(=O)CCC(CCC(=O)OCC)N=O. The minimum atomic E-state index is -0.538. The fourth-order valence-corrected chi connectivity index (χ4v) is 1.28. The Labute approximate surface area is 101 Å². The van der Waals surface area contributed by atoms with Crippen LogP contribution in [0, 0.1) is 4.91 Å². The van der Waals surface area contributed by atoms with Crippen molar-refractivity contribution in [1.29, 1.82) is 0 Å². The summed E-state index contributed by atoms with van der Waals surface area (Å²) < 4.78 is 9.45. The van der Waals surface area contributed by atoms with E-state index in [2.05, 4.69) is 5.18 Å². The Bertz CT molecular complexity index is 232. The van der Waals surface area contributed by atoms with Crippen molar-refractivity contribution in [3.63, 3.8) is 0 Å². The summed E-state index contributed by atoms with van der Waals surface area (Å²) in [7, 11) is 0. The fourth-order valence-electron chi connectivity index (χ4n) is 1.28. The maximum Gasteiger partial charge on any atom is 0.305 e. The van der Waals surface area contributed by atoms with Gasteiger partial charge in [-0.2, -0.15) is 4.91 Å². The van der Waals surface area contributed by atoms with Gasteiger partial charge in [0.1, 0.15) is 0 Å². The summed E-state index contributed by atoms with van der Waals surface area (Å²) in [6.45, 7) is 4.07. The normalized spacial score (nSPS) is 10.1. The summed E-state index contributed by atoms with van der Waals surface area (Å²) in [6, 6.07) is -0.538. The van der Waals surface area contributed by atoms with Crippen molar-refractivity contribution in [3.05, 3.63) is 4.91 Å². The van der Waals surface area contributed by atoms with Crippen LogP contribution in [0.2, 0.25) is 0 Å². The molecule has 0 aliphatic rings. The van der Waals surface area contributed by atoms with E-state index in [0.717, 1.165) is 0 Å². The number of rotatable bonds is 9. The van der Waals surface area contributed by atoms with Gasteiger partial charge in [-0.3, -0.25) is 9.59 Å². The van der Waals surface area contributed by atoms with Crippen LogP contribution in [0.25, 0.3) is 0 Å². The third-order valence-electron chi connectivity index (χ3n) is 2.12. The highest BCUT2D eigenvalue weighted by atomic mass is 16.5. The smallest absolute Gasteiger partial charge is 0.305 e. The van der Waals surface area contributed by atoms with E-state index in [0.29, 0.717) is 26.1 Å². The standard InChI is InChI=1S/C11H19NO5/c1-3-16-10(13)7-5-9(12-15)6-8-11(14)17-4-2/h9H,3-8H2,1-2H3. The van der Waals surface area contributed by atoms with Gasteiger partial charge >= 0.3 is 11.9 Å². The molecule has 6 nitrogen and oxygen atoms in total. The molecule has 0 saturated carbocycles. The Morgan fingerprint density at radius 1 is 1.00 bits per heavy atom. The van der Waals surface area contributed by atoms with Crippen LogP contribution < -0.4 is 0 Å². The maximum absolute atomic E-state index is 11.0. The first-order valence-electron chi connectivity index (χ1n) is 5.77. The molecular weight excluding hydrogens is 226 g/mol. The lowest BCUT2D eigenvalue weighted by molar-refractivity contribution is -0.143. The van der Waals surface area contributed by atoms with Gasteiger partial charge in [0, 0.05) is 12.8 Å². The summed E-state index contributed by atoms with van der Waals surface area (Å²) in [5.74, 6) is -0.699. The molecular formula is C11H19NO5. The third kappa shape index (κ3) is 8.36. The van der Waals surface area contributed by atoms with Gasteiger partial charge in [0.2, 0.25) is 0 Å². The highest BCUT2D eigenvalue weighted by molar-refractivity contribution is 5.70. The van der Waals surface area contributed by atoms with Crippen molar-refractivity contribution in [1.82, 2.24) is 0 Å². The van der Waals surface area contributed by atoms with E-state index >= 15 is 0 Å². The van der Waals surface area contributed by atoms with E-state index in [1.54, 1.807) is 13.8 Å². The average molecular weight is 245 g/mol. The van der Waals surface area contributed by atoms with Gasteiger partial charge in [0.05, 0.1) is 19.3 Å². The highest BCUT2D eigenvalue weighted by Crippen LogP contribution is 2.10. The van der Waals surface area contributed by atoms with Gasteiger partial charge in [0.15, 0.2) is 0 Å². The fraction of sp³-hybridized carbons (Fsp3) is 0.818. The van der Waals surface area contributed by atoms with Gasteiger partial charge in [-0.25, -0.2) is 0 Å². The number of hydrogen-bond donors (Lipinski definition) is 0. The van der Waals surface area contributed by atoms with Crippen molar-refractivity contribution >= 4 is 11.9 Å². The molecule has 0 spiro atoms. The van der Waals surface area contributed by atoms with Crippen LogP contribution in [0.4, 0.5) is 0 Å². The van der Waals surface area contributed by atoms with E-state index in [1.807, 2.05) is 0 Å². The number of ether oxygens (including phenoxy) is 2. The van der Waals surface area contributed by atoms with Gasteiger partial charge in [-0.1, -0.05) is 5.18 Å². The van der Waals surface area contributed by atoms with Crippen LogP contribution in [-0.4, -0.2) is 31.2 Å². The van der Waals surface area contributed by atoms with Gasteiger partial charge in [0.25, 0.3) is 0 Å². The Hall–Kier alpha value is -1.46. The predicted octanol–water partition coefficient (Wildman–Crippen LogP) is 1.81. The minimum Gasteiger partial charge on any atom is -0.466 e. The van der Waals surface area contributed by atoms with Gasteiger partial charge in [-0.15, -0.1) is 0 Å². The Morgan fingerprint density at radius 2 is 1.41 bits per heavy atom. The summed E-state index contributed by atoms with van der Waals surface area (Å²) >= 11 is 0. The number of hydrogen-bond acceptors (Lipinski definition) is 6. The molecule has 0 amide bonds. The van der Waals surface area contributed by atoms with E-state index < -0.39 is 6.04 Å². The monoisotopic (exact) mass is 245 g/mol. The first-order valence-corrected chi connectivity index (χ1v) is 5.77. The lowest BCUT2D eigenvalue weighted by Crippen LogP contribution is -2.13. The van der Waals surface area contributed by atoms with E-state index in [1.165, 1.54) is 0 Å². The molecule has 98 valence electrons. The van der Waals surface area contributed by atoms with Crippen molar-refractivity contribution < 1.29 is 19.1 Å². The van der Waals surface area contributed by atoms with Crippen molar-refractivity contribution in [3.8, 4) is 0 Å². The number of carbonyl (C=O) groups excluding carboxylic acids is 2. The van der Waals surface area contributed by atoms with E-state index in [-0.39, 0.29) is 24.8 Å². The molecule has 6 heteroatoms. The van der Waals surface area contributed by atoms with Gasteiger partial charge < -0.3 is 9.47 Å². The lowest BCUT2D eigenvalue weighted by Gasteiger charge is -2.08. The molecule has 17 heavy (non-hydrogen) atoms. The third-order valence-corrected chi connectivity index (χ3v) is 2.12. The molecule has 0 aliphatic carbocycles. The molecule has 0 radical (unpaired) electrons. The second-order valence-corrected chi connectivity index (χ2v) is 3.45. The van der Waals surface area contributed by atoms with Crippen LogP contribution in [-0.2, 0) is 19.1 Å². The molecule has 0 N–H and O–H groups in total. The first kappa shape index (κ1) is 15.5. The molecule has 0 aromatic carbocycles. The number of carbonyl (C=O) groups is 2. The second-order valence-electron chi connectivity index (χ2n) is 3.45. The van der Waals surface area contributed by atoms with Crippen LogP contribution in [0.5, 0.6) is 0 Å². The number of nitroso groups, excluding NO2 is 1. The maximum atomic E-state index is 11.0. The molecule has 0 aliphatic heterocycles. The minimum absolute atomic E-state index is 0.146. The number of esters is 2. The topological polar surface area (TPSA) is 82.0 Å². The lowest BCUT2D eigenvalue weighted by atomic mass is 10.1. The van der Waals surface area contributed by atoms with Crippen LogP contribution in [0.3, 0.4) is 0 Å². The quantitative estimate of drug-likeness (QED) is 0.457. The average Bonchev–Trinajstić information content (AvgIpc) is 2.30. The molecule has 0 atom stereocenters. The second kappa shape index (κ2) is 9.74. The largest absolute Gasteiger partial charge is 0.466 e. The van der Waals surface area contributed by atoms with Gasteiger partial charge in [-0.05, 0) is 26.7 Å². The van der Waals surface area contributed by atoms with Crippen molar-refractivity contribution in [2.45, 2.75) is 45.6 Å². The molecule has 0 bridgehead atoms. The van der Waals surface area contributed by atoms with E-state index in [4.69, 9.17) is 9.47 Å². The summed E-state index contributed by atoms with van der Waals surface area (Å²) in [5.41, 5.74) is 0. The summed E-state index contributed by atoms with van der Waals surface area (Å²) in [6.07, 6.45) is 0.906. The Morgan fingerprint density at radius 3 is 1.71 bits per heavy atom. The van der Waals surface area contributed by atoms with Crippen LogP contribution in [0.1, 0.15) is 39.5 Å². The molecule has 0 saturated heterocycles. The van der Waals surface area contributed by atoms with Crippen LogP contribution >= 0.6 is 0 Å². The summed E-state index contributed by atoms with van der Waals surface area (Å²) in [4.78, 5) is 32.6. The van der Waals surface area contributed by atoms with Crippen molar-refractivity contribution in [2.24, 2.45) is 5.18 Å². The van der Waals surface area contributed by atoms with E-state index in [9.17, 15) is 14.5 Å². The molecule has 0 aromatic rings. The Kier molecular flexibility index (Phi) is 8.91. The molecule has 0 fully saturated rings. The molecule has 0 aromatic heterocycles. The first-order chi connectivity index (χ1) is 8.13. The zero-order chi connectivity index (χ0) is 13.1. The van der Waals surface area contributed by atoms with Crippen molar-refractivity contribution in [2.75, 3.05) is 13.2 Å². The molecule has 0 rings (SSSR count). The summed E-state index contributed by atoms with van der Waals surface area (Å²) in [5, 5.41) is 2.89. The highest BCUT2D eigenvalue weighted by Gasteiger charge is 2.14. The zero-order valence-electron chi connectivity index (χ0n) is 10.3. The predicted molar refractivity (Wildman–Crippen MR) is 61.3 cm³/mol. The molecule has 0 heterocycles. The van der Waals surface area contributed by atoms with Crippen LogP contribution in [0.15, 0.2) is 5.18 Å². The molecule has 0 unspecified atom stereocenters. The number of nitrogens with zero attached hydrogens (tertiary/aromatic N) is 1.